The normalized spacial score (nSPS) is 14.6. The number of hydrogen-bond donors (Lipinski definition) is 10. The van der Waals surface area contributed by atoms with E-state index in [-0.39, 0.29) is 36.3 Å². The van der Waals surface area contributed by atoms with E-state index in [9.17, 15) is 19.2 Å². The first-order chi connectivity index (χ1) is 14.9. The molecule has 0 spiro atoms. The number of carboxylic acids is 1. The van der Waals surface area contributed by atoms with E-state index in [0.717, 1.165) is 0 Å². The summed E-state index contributed by atoms with van der Waals surface area (Å²) in [7, 11) is 0. The fourth-order valence-corrected chi connectivity index (χ4v) is 3.01. The molecule has 0 aliphatic heterocycles. The SMILES string of the molecule is CC(C)C[C@H](NC(=O)[C@@H](N)CS)C(=O)N[C@@H](CCCNC(=N)N)C(=O)N[C@@H](CS)C(=O)O. The van der Waals surface area contributed by atoms with Gasteiger partial charge in [-0.15, -0.1) is 0 Å². The highest BCUT2D eigenvalue weighted by Crippen LogP contribution is 2.08. The van der Waals surface area contributed by atoms with E-state index in [0.29, 0.717) is 12.8 Å². The van der Waals surface area contributed by atoms with Gasteiger partial charge in [0.1, 0.15) is 18.1 Å². The molecule has 0 aromatic carbocycles. The molecule has 0 aromatic heterocycles. The number of amides is 3. The molecule has 184 valence electrons. The van der Waals surface area contributed by atoms with Gasteiger partial charge < -0.3 is 37.8 Å². The lowest BCUT2D eigenvalue weighted by Gasteiger charge is -2.25. The van der Waals surface area contributed by atoms with Gasteiger partial charge in [0.15, 0.2) is 5.96 Å². The van der Waals surface area contributed by atoms with Gasteiger partial charge >= 0.3 is 5.97 Å². The number of nitrogens with two attached hydrogens (primary N) is 2. The topological polar surface area (TPSA) is 213 Å². The molecule has 0 unspecified atom stereocenters. The summed E-state index contributed by atoms with van der Waals surface area (Å²) in [5, 5.41) is 26.4. The number of hydrogen-bond acceptors (Lipinski definition) is 8. The quantitative estimate of drug-likeness (QED) is 0.0533. The average molecular weight is 494 g/mol. The molecule has 12 nitrogen and oxygen atoms in total. The molecule has 0 aliphatic rings. The summed E-state index contributed by atoms with van der Waals surface area (Å²) in [5.41, 5.74) is 10.9. The molecular formula is C18H35N7O5S2. The van der Waals surface area contributed by atoms with Crippen molar-refractivity contribution in [3.05, 3.63) is 0 Å². The number of rotatable bonds is 15. The largest absolute Gasteiger partial charge is 0.480 e. The van der Waals surface area contributed by atoms with Crippen molar-refractivity contribution in [3.63, 3.8) is 0 Å². The average Bonchev–Trinajstić information content (AvgIpc) is 2.71. The number of nitrogens with one attached hydrogen (secondary N) is 5. The van der Waals surface area contributed by atoms with Crippen LogP contribution >= 0.6 is 25.3 Å². The number of carbonyl (C=O) groups is 4. The molecule has 0 heterocycles. The van der Waals surface area contributed by atoms with Crippen molar-refractivity contribution in [2.75, 3.05) is 18.1 Å². The lowest BCUT2D eigenvalue weighted by atomic mass is 10.0. The minimum atomic E-state index is -1.26. The molecule has 3 amide bonds. The number of aliphatic carboxylic acids is 1. The van der Waals surface area contributed by atoms with E-state index in [1.54, 1.807) is 0 Å². The lowest BCUT2D eigenvalue weighted by molar-refractivity contribution is -0.141. The second kappa shape index (κ2) is 15.6. The summed E-state index contributed by atoms with van der Waals surface area (Å²) in [4.78, 5) is 49.0. The third kappa shape index (κ3) is 12.0. The molecule has 4 atom stereocenters. The first kappa shape index (κ1) is 29.8. The molecule has 0 radical (unpaired) electrons. The Bertz CT molecular complexity index is 666. The fourth-order valence-electron chi connectivity index (χ4n) is 2.59. The molecule has 0 rings (SSSR count). The third-order valence-corrected chi connectivity index (χ3v) is 5.05. The number of guanidine groups is 1. The predicted molar refractivity (Wildman–Crippen MR) is 128 cm³/mol. The Kier molecular flexibility index (Phi) is 14.5. The smallest absolute Gasteiger partial charge is 0.327 e. The Labute approximate surface area is 198 Å². The Morgan fingerprint density at radius 3 is 1.94 bits per heavy atom. The minimum absolute atomic E-state index is 0.0471. The molecule has 0 saturated heterocycles. The lowest BCUT2D eigenvalue weighted by Crippen LogP contribution is -2.57. The van der Waals surface area contributed by atoms with Crippen molar-refractivity contribution in [2.24, 2.45) is 17.4 Å². The summed E-state index contributed by atoms with van der Waals surface area (Å²) in [6, 6.07) is -4.16. The van der Waals surface area contributed by atoms with Crippen LogP contribution in [0, 0.1) is 11.3 Å². The predicted octanol–water partition coefficient (Wildman–Crippen LogP) is -1.98. The van der Waals surface area contributed by atoms with E-state index in [1.807, 2.05) is 13.8 Å². The Morgan fingerprint density at radius 1 is 0.938 bits per heavy atom. The molecule has 0 saturated carbocycles. The van der Waals surface area contributed by atoms with Crippen molar-refractivity contribution in [3.8, 4) is 0 Å². The second-order valence-corrected chi connectivity index (χ2v) is 8.34. The first-order valence-electron chi connectivity index (χ1n) is 10.1. The van der Waals surface area contributed by atoms with Gasteiger partial charge in [0.25, 0.3) is 0 Å². The van der Waals surface area contributed by atoms with Crippen LogP contribution < -0.4 is 32.7 Å². The van der Waals surface area contributed by atoms with Gasteiger partial charge in [-0.25, -0.2) is 4.79 Å². The van der Waals surface area contributed by atoms with Crippen LogP contribution in [-0.2, 0) is 19.2 Å². The van der Waals surface area contributed by atoms with Crippen LogP contribution in [0.4, 0.5) is 0 Å². The van der Waals surface area contributed by atoms with Crippen molar-refractivity contribution in [1.29, 1.82) is 5.41 Å². The Hall–Kier alpha value is -2.19. The molecule has 0 aliphatic carbocycles. The third-order valence-electron chi connectivity index (χ3n) is 4.29. The van der Waals surface area contributed by atoms with Gasteiger partial charge in [-0.1, -0.05) is 13.8 Å². The van der Waals surface area contributed by atoms with Crippen molar-refractivity contribution >= 4 is 54.9 Å². The van der Waals surface area contributed by atoms with E-state index < -0.39 is 47.9 Å². The zero-order valence-electron chi connectivity index (χ0n) is 18.3. The number of thiol groups is 2. The van der Waals surface area contributed by atoms with Crippen molar-refractivity contribution < 1.29 is 24.3 Å². The maximum Gasteiger partial charge on any atom is 0.327 e. The summed E-state index contributed by atoms with van der Waals surface area (Å²) in [5.74, 6) is -3.35. The van der Waals surface area contributed by atoms with Crippen LogP contribution in [0.5, 0.6) is 0 Å². The highest BCUT2D eigenvalue weighted by molar-refractivity contribution is 7.80. The van der Waals surface area contributed by atoms with E-state index >= 15 is 0 Å². The maximum atomic E-state index is 12.9. The zero-order valence-corrected chi connectivity index (χ0v) is 20.0. The zero-order chi connectivity index (χ0) is 24.8. The molecule has 14 heteroatoms. The number of carboxylic acid groups (broad SMARTS) is 1. The van der Waals surface area contributed by atoms with Gasteiger partial charge in [-0.3, -0.25) is 19.8 Å². The summed E-state index contributed by atoms with van der Waals surface area (Å²) < 4.78 is 0. The number of carbonyl (C=O) groups excluding carboxylic acids is 3. The molecule has 10 N–H and O–H groups in total. The van der Waals surface area contributed by atoms with Crippen LogP contribution in [0.2, 0.25) is 0 Å². The van der Waals surface area contributed by atoms with Crippen LogP contribution in [0.15, 0.2) is 0 Å². The van der Waals surface area contributed by atoms with E-state index in [1.165, 1.54) is 0 Å². The van der Waals surface area contributed by atoms with Gasteiger partial charge in [-0.2, -0.15) is 25.3 Å². The maximum absolute atomic E-state index is 12.9. The monoisotopic (exact) mass is 493 g/mol. The first-order valence-corrected chi connectivity index (χ1v) is 11.4. The van der Waals surface area contributed by atoms with E-state index in [4.69, 9.17) is 22.0 Å². The van der Waals surface area contributed by atoms with Crippen LogP contribution in [0.1, 0.15) is 33.1 Å². The van der Waals surface area contributed by atoms with Gasteiger partial charge in [0.2, 0.25) is 17.7 Å². The van der Waals surface area contributed by atoms with E-state index in [2.05, 4.69) is 46.5 Å². The molecule has 0 aromatic rings. The molecule has 32 heavy (non-hydrogen) atoms. The standard InChI is InChI=1S/C18H35N7O5S2/c1-9(2)6-12(24-14(26)10(19)7-31)16(28)23-11(4-3-5-22-18(20)21)15(27)25-13(8-32)17(29)30/h9-13,31-32H,3-8,19H2,1-2H3,(H,23,28)(H,24,26)(H,25,27)(H,29,30)(H4,20,21,22)/t10-,11-,12-,13-/m0/s1. The molecule has 0 fully saturated rings. The summed E-state index contributed by atoms with van der Waals surface area (Å²) in [6.07, 6.45) is 0.781. The van der Waals surface area contributed by atoms with Crippen LogP contribution in [0.25, 0.3) is 0 Å². The van der Waals surface area contributed by atoms with Gasteiger partial charge in [-0.05, 0) is 25.2 Å². The van der Waals surface area contributed by atoms with Crippen LogP contribution in [0.3, 0.4) is 0 Å². The van der Waals surface area contributed by atoms with Crippen LogP contribution in [-0.4, -0.2) is 77.0 Å². The Balaban J connectivity index is 5.42. The van der Waals surface area contributed by atoms with Gasteiger partial charge in [0, 0.05) is 18.1 Å². The fraction of sp³-hybridized carbons (Fsp3) is 0.722. The minimum Gasteiger partial charge on any atom is -0.480 e. The summed E-state index contributed by atoms with van der Waals surface area (Å²) >= 11 is 7.89. The molecular weight excluding hydrogens is 458 g/mol. The molecule has 0 bridgehead atoms. The van der Waals surface area contributed by atoms with Crippen molar-refractivity contribution in [1.82, 2.24) is 21.3 Å². The highest BCUT2D eigenvalue weighted by atomic mass is 32.1. The second-order valence-electron chi connectivity index (χ2n) is 7.61. The van der Waals surface area contributed by atoms with Gasteiger partial charge in [0.05, 0.1) is 6.04 Å². The summed E-state index contributed by atoms with van der Waals surface area (Å²) in [6.45, 7) is 4.01. The highest BCUT2D eigenvalue weighted by Gasteiger charge is 2.30. The Morgan fingerprint density at radius 2 is 1.47 bits per heavy atom. The van der Waals surface area contributed by atoms with Crippen molar-refractivity contribution in [2.45, 2.75) is 57.3 Å².